The molecule has 0 aromatic carbocycles. The summed E-state index contributed by atoms with van der Waals surface area (Å²) in [5.74, 6) is 0. The quantitative estimate of drug-likeness (QED) is 0.752. The van der Waals surface area contributed by atoms with Gasteiger partial charge < -0.3 is 15.1 Å². The van der Waals surface area contributed by atoms with Crippen molar-refractivity contribution in [3.8, 4) is 0 Å². The van der Waals surface area contributed by atoms with Gasteiger partial charge in [0.2, 0.25) is 0 Å². The topological polar surface area (TPSA) is 35.6 Å². The van der Waals surface area contributed by atoms with Gasteiger partial charge in [0.1, 0.15) is 0 Å². The second-order valence-corrected chi connectivity index (χ2v) is 4.46. The Morgan fingerprint density at radius 2 is 2.13 bits per heavy atom. The van der Waals surface area contributed by atoms with Gasteiger partial charge in [-0.25, -0.2) is 4.79 Å². The van der Waals surface area contributed by atoms with Crippen LogP contribution in [0.4, 0.5) is 4.79 Å². The van der Waals surface area contributed by atoms with E-state index in [9.17, 15) is 4.79 Å². The van der Waals surface area contributed by atoms with Crippen molar-refractivity contribution in [3.63, 3.8) is 0 Å². The summed E-state index contributed by atoms with van der Waals surface area (Å²) in [7, 11) is 0. The third-order valence-electron chi connectivity index (χ3n) is 3.38. The minimum Gasteiger partial charge on any atom is -0.325 e. The molecule has 4 nitrogen and oxygen atoms in total. The van der Waals surface area contributed by atoms with Crippen molar-refractivity contribution >= 4 is 6.03 Å². The minimum absolute atomic E-state index is 0.234. The number of urea groups is 1. The summed E-state index contributed by atoms with van der Waals surface area (Å²) in [6, 6.07) is 0.767. The fourth-order valence-electron chi connectivity index (χ4n) is 2.49. The summed E-state index contributed by atoms with van der Waals surface area (Å²) >= 11 is 0. The molecule has 0 aromatic heterocycles. The summed E-state index contributed by atoms with van der Waals surface area (Å²) < 4.78 is 0. The lowest BCUT2D eigenvalue weighted by Crippen LogP contribution is -2.52. The van der Waals surface area contributed by atoms with Gasteiger partial charge in [0.05, 0.1) is 0 Å². The maximum atomic E-state index is 12.0. The maximum Gasteiger partial charge on any atom is 0.320 e. The van der Waals surface area contributed by atoms with Crippen LogP contribution < -0.4 is 5.32 Å². The number of hydrogen-bond donors (Lipinski definition) is 1. The maximum absolute atomic E-state index is 12.0. The van der Waals surface area contributed by atoms with E-state index in [0.29, 0.717) is 6.04 Å². The van der Waals surface area contributed by atoms with Gasteiger partial charge in [-0.3, -0.25) is 0 Å². The van der Waals surface area contributed by atoms with Crippen molar-refractivity contribution in [2.75, 3.05) is 32.7 Å². The highest BCUT2D eigenvalue weighted by molar-refractivity contribution is 5.75. The zero-order chi connectivity index (χ0) is 10.7. The highest BCUT2D eigenvalue weighted by Gasteiger charge is 2.27. The van der Waals surface area contributed by atoms with Crippen LogP contribution in [0.2, 0.25) is 0 Å². The average molecular weight is 211 g/mol. The van der Waals surface area contributed by atoms with E-state index in [1.165, 1.54) is 12.8 Å². The number of carbonyl (C=O) groups is 1. The van der Waals surface area contributed by atoms with Crippen molar-refractivity contribution < 1.29 is 4.79 Å². The van der Waals surface area contributed by atoms with Gasteiger partial charge in [-0.1, -0.05) is 0 Å². The molecule has 2 saturated heterocycles. The predicted octanol–water partition coefficient (Wildman–Crippen LogP) is 0.886. The molecule has 15 heavy (non-hydrogen) atoms. The Hall–Kier alpha value is -0.770. The van der Waals surface area contributed by atoms with Crippen LogP contribution in [0.15, 0.2) is 0 Å². The summed E-state index contributed by atoms with van der Waals surface area (Å²) in [6.07, 6.45) is 3.59. The van der Waals surface area contributed by atoms with Gasteiger partial charge >= 0.3 is 6.03 Å². The second-order valence-electron chi connectivity index (χ2n) is 4.46. The van der Waals surface area contributed by atoms with Gasteiger partial charge in [-0.15, -0.1) is 0 Å². The summed E-state index contributed by atoms with van der Waals surface area (Å²) in [4.78, 5) is 15.9. The molecule has 1 unspecified atom stereocenters. The largest absolute Gasteiger partial charge is 0.325 e. The number of nitrogens with zero attached hydrogens (tertiary/aromatic N) is 2. The molecule has 2 rings (SSSR count). The van der Waals surface area contributed by atoms with E-state index in [1.54, 1.807) is 0 Å². The number of nitrogens with one attached hydrogen (secondary N) is 1. The fraction of sp³-hybridized carbons (Fsp3) is 0.909. The lowest BCUT2D eigenvalue weighted by Gasteiger charge is -2.36. The van der Waals surface area contributed by atoms with Crippen LogP contribution in [0.1, 0.15) is 26.2 Å². The highest BCUT2D eigenvalue weighted by atomic mass is 16.2. The molecule has 2 amide bonds. The molecule has 0 radical (unpaired) electrons. The van der Waals surface area contributed by atoms with Gasteiger partial charge in [0, 0.05) is 32.2 Å². The van der Waals surface area contributed by atoms with Crippen LogP contribution in [-0.4, -0.2) is 54.6 Å². The highest BCUT2D eigenvalue weighted by Crippen LogP contribution is 2.12. The Kier molecular flexibility index (Phi) is 3.46. The Morgan fingerprint density at radius 1 is 1.33 bits per heavy atom. The SMILES string of the molecule is CCN1CCCN(CC2CCCN2)C1=O. The lowest BCUT2D eigenvalue weighted by atomic mass is 10.2. The molecule has 4 heteroatoms. The van der Waals surface area contributed by atoms with E-state index >= 15 is 0 Å². The molecule has 2 heterocycles. The molecule has 86 valence electrons. The zero-order valence-electron chi connectivity index (χ0n) is 9.54. The van der Waals surface area contributed by atoms with Crippen LogP contribution in [0.25, 0.3) is 0 Å². The van der Waals surface area contributed by atoms with Gasteiger partial charge in [0.25, 0.3) is 0 Å². The fourth-order valence-corrected chi connectivity index (χ4v) is 2.49. The smallest absolute Gasteiger partial charge is 0.320 e. The van der Waals surface area contributed by atoms with E-state index in [0.717, 1.165) is 39.1 Å². The van der Waals surface area contributed by atoms with Crippen molar-refractivity contribution in [1.29, 1.82) is 0 Å². The first kappa shape index (κ1) is 10.7. The van der Waals surface area contributed by atoms with Crippen molar-refractivity contribution in [1.82, 2.24) is 15.1 Å². The zero-order valence-corrected chi connectivity index (χ0v) is 9.54. The molecule has 0 aliphatic carbocycles. The Morgan fingerprint density at radius 3 is 2.80 bits per heavy atom. The number of amides is 2. The van der Waals surface area contributed by atoms with Crippen molar-refractivity contribution in [2.24, 2.45) is 0 Å². The van der Waals surface area contributed by atoms with Crippen molar-refractivity contribution in [2.45, 2.75) is 32.2 Å². The summed E-state index contributed by atoms with van der Waals surface area (Å²) in [6.45, 7) is 6.78. The van der Waals surface area contributed by atoms with Crippen LogP contribution in [0.5, 0.6) is 0 Å². The third kappa shape index (κ3) is 2.43. The Bertz CT molecular complexity index is 226. The van der Waals surface area contributed by atoms with Crippen LogP contribution in [0.3, 0.4) is 0 Å². The minimum atomic E-state index is 0.234. The average Bonchev–Trinajstić information content (AvgIpc) is 2.74. The summed E-state index contributed by atoms with van der Waals surface area (Å²) in [5, 5.41) is 3.44. The van der Waals surface area contributed by atoms with Crippen LogP contribution in [0, 0.1) is 0 Å². The van der Waals surface area contributed by atoms with Gasteiger partial charge in [-0.05, 0) is 32.7 Å². The van der Waals surface area contributed by atoms with Crippen LogP contribution in [-0.2, 0) is 0 Å². The number of carbonyl (C=O) groups excluding carboxylic acids is 1. The number of rotatable bonds is 3. The van der Waals surface area contributed by atoms with Crippen LogP contribution >= 0.6 is 0 Å². The molecule has 0 aromatic rings. The van der Waals surface area contributed by atoms with E-state index in [1.807, 2.05) is 9.80 Å². The Labute approximate surface area is 91.6 Å². The van der Waals surface area contributed by atoms with E-state index < -0.39 is 0 Å². The third-order valence-corrected chi connectivity index (χ3v) is 3.38. The molecule has 0 saturated carbocycles. The molecule has 1 N–H and O–H groups in total. The Balaban J connectivity index is 1.87. The van der Waals surface area contributed by atoms with Gasteiger partial charge in [0.15, 0.2) is 0 Å². The van der Waals surface area contributed by atoms with Gasteiger partial charge in [-0.2, -0.15) is 0 Å². The monoisotopic (exact) mass is 211 g/mol. The number of hydrogen-bond acceptors (Lipinski definition) is 2. The molecule has 2 fully saturated rings. The second kappa shape index (κ2) is 4.84. The summed E-state index contributed by atoms with van der Waals surface area (Å²) in [5.41, 5.74) is 0. The lowest BCUT2D eigenvalue weighted by molar-refractivity contribution is 0.128. The molecule has 2 aliphatic rings. The first-order valence-electron chi connectivity index (χ1n) is 6.08. The molecular formula is C11H21N3O. The van der Waals surface area contributed by atoms with Crippen molar-refractivity contribution in [3.05, 3.63) is 0 Å². The molecule has 1 atom stereocenters. The first-order valence-corrected chi connectivity index (χ1v) is 6.08. The molecule has 0 bridgehead atoms. The van der Waals surface area contributed by atoms with E-state index in [-0.39, 0.29) is 6.03 Å². The van der Waals surface area contributed by atoms with E-state index in [4.69, 9.17) is 0 Å². The standard InChI is InChI=1S/C11H21N3O/c1-2-13-7-4-8-14(11(13)15)9-10-5-3-6-12-10/h10,12H,2-9H2,1H3. The van der Waals surface area contributed by atoms with E-state index in [2.05, 4.69) is 12.2 Å². The molecular weight excluding hydrogens is 190 g/mol. The molecule has 0 spiro atoms. The first-order chi connectivity index (χ1) is 7.31. The molecule has 2 aliphatic heterocycles. The predicted molar refractivity (Wildman–Crippen MR) is 59.9 cm³/mol. The normalized spacial score (nSPS) is 27.5.